The summed E-state index contributed by atoms with van der Waals surface area (Å²) >= 11 is 0. The van der Waals surface area contributed by atoms with Gasteiger partial charge < -0.3 is 19.8 Å². The predicted molar refractivity (Wildman–Crippen MR) is 72.8 cm³/mol. The minimum Gasteiger partial charge on any atom is -0.390 e. The summed E-state index contributed by atoms with van der Waals surface area (Å²) in [5.74, 6) is 0.0324. The third-order valence-electron chi connectivity index (χ3n) is 3.59. The van der Waals surface area contributed by atoms with E-state index in [4.69, 9.17) is 4.74 Å². The number of amides is 1. The summed E-state index contributed by atoms with van der Waals surface area (Å²) in [5, 5.41) is 19.6. The van der Waals surface area contributed by atoms with Gasteiger partial charge in [-0.25, -0.2) is 0 Å². The highest BCUT2D eigenvalue weighted by molar-refractivity contribution is 5.73. The van der Waals surface area contributed by atoms with Crippen molar-refractivity contribution in [1.82, 2.24) is 4.90 Å². The van der Waals surface area contributed by atoms with Crippen molar-refractivity contribution in [3.05, 3.63) is 0 Å². The van der Waals surface area contributed by atoms with Crippen molar-refractivity contribution in [2.24, 2.45) is 0 Å². The largest absolute Gasteiger partial charge is 0.390 e. The van der Waals surface area contributed by atoms with E-state index in [0.29, 0.717) is 19.6 Å². The number of aliphatic hydroxyl groups is 2. The minimum absolute atomic E-state index is 0.0324. The minimum atomic E-state index is -0.864. The first kappa shape index (κ1) is 16.4. The van der Waals surface area contributed by atoms with E-state index in [2.05, 4.69) is 0 Å². The van der Waals surface area contributed by atoms with E-state index in [1.807, 2.05) is 0 Å². The number of hydrogen-bond donors (Lipinski definition) is 2. The van der Waals surface area contributed by atoms with Gasteiger partial charge in [0.1, 0.15) is 6.10 Å². The van der Waals surface area contributed by atoms with Crippen LogP contribution in [0, 0.1) is 0 Å². The zero-order valence-electron chi connectivity index (χ0n) is 11.9. The quantitative estimate of drug-likeness (QED) is 0.689. The van der Waals surface area contributed by atoms with Crippen LogP contribution in [0.2, 0.25) is 0 Å². The molecule has 0 radical (unpaired) electrons. The molecule has 112 valence electrons. The van der Waals surface area contributed by atoms with Crippen molar-refractivity contribution in [3.8, 4) is 0 Å². The normalized spacial score (nSPS) is 28.7. The molecule has 2 atom stereocenters. The molecule has 19 heavy (non-hydrogen) atoms. The van der Waals surface area contributed by atoms with Gasteiger partial charge >= 0.3 is 0 Å². The Morgan fingerprint density at radius 1 is 1.05 bits per heavy atom. The molecule has 0 aromatic rings. The van der Waals surface area contributed by atoms with Gasteiger partial charge in [0.05, 0.1) is 12.7 Å². The molecule has 1 heterocycles. The van der Waals surface area contributed by atoms with Gasteiger partial charge in [0.2, 0.25) is 5.91 Å². The van der Waals surface area contributed by atoms with Crippen LogP contribution in [0.25, 0.3) is 0 Å². The summed E-state index contributed by atoms with van der Waals surface area (Å²) < 4.78 is 5.34. The Kier molecular flexibility index (Phi) is 8.02. The average Bonchev–Trinajstić information content (AvgIpc) is 2.38. The molecule has 1 saturated heterocycles. The molecule has 0 bridgehead atoms. The van der Waals surface area contributed by atoms with Crippen LogP contribution in [0.4, 0.5) is 0 Å². The van der Waals surface area contributed by atoms with Crippen molar-refractivity contribution in [2.45, 2.75) is 57.7 Å². The van der Waals surface area contributed by atoms with E-state index >= 15 is 0 Å². The topological polar surface area (TPSA) is 70.0 Å². The van der Waals surface area contributed by atoms with Crippen molar-refractivity contribution in [3.63, 3.8) is 0 Å². The maximum absolute atomic E-state index is 11.5. The number of ether oxygens (including phenoxy) is 1. The van der Waals surface area contributed by atoms with Gasteiger partial charge in [-0.15, -0.1) is 0 Å². The van der Waals surface area contributed by atoms with Crippen molar-refractivity contribution in [1.29, 1.82) is 0 Å². The fourth-order valence-corrected chi connectivity index (χ4v) is 2.26. The van der Waals surface area contributed by atoms with E-state index in [-0.39, 0.29) is 12.5 Å². The van der Waals surface area contributed by atoms with Gasteiger partial charge in [-0.1, -0.05) is 19.3 Å². The van der Waals surface area contributed by atoms with Crippen LogP contribution >= 0.6 is 0 Å². The van der Waals surface area contributed by atoms with Crippen LogP contribution in [-0.2, 0) is 9.53 Å². The maximum atomic E-state index is 11.5. The van der Waals surface area contributed by atoms with Crippen molar-refractivity contribution >= 4 is 5.91 Å². The Morgan fingerprint density at radius 3 is 2.47 bits per heavy atom. The average molecular weight is 273 g/mol. The summed E-state index contributed by atoms with van der Waals surface area (Å²) in [6.45, 7) is 3.60. The van der Waals surface area contributed by atoms with Crippen LogP contribution in [0.3, 0.4) is 0 Å². The van der Waals surface area contributed by atoms with Gasteiger partial charge in [-0.2, -0.15) is 0 Å². The number of nitrogens with zero attached hydrogens (tertiary/aromatic N) is 1. The third-order valence-corrected chi connectivity index (χ3v) is 3.59. The highest BCUT2D eigenvalue weighted by Crippen LogP contribution is 2.09. The third kappa shape index (κ3) is 6.89. The molecule has 5 nitrogen and oxygen atoms in total. The summed E-state index contributed by atoms with van der Waals surface area (Å²) in [6, 6.07) is 0. The number of hydrogen-bond acceptors (Lipinski definition) is 4. The molecule has 5 heteroatoms. The second kappa shape index (κ2) is 9.28. The lowest BCUT2D eigenvalue weighted by atomic mass is 10.1. The molecule has 0 saturated carbocycles. The summed E-state index contributed by atoms with van der Waals surface area (Å²) in [6.07, 6.45) is 4.07. The summed E-state index contributed by atoms with van der Waals surface area (Å²) in [4.78, 5) is 13.2. The first-order valence-corrected chi connectivity index (χ1v) is 7.30. The lowest BCUT2D eigenvalue weighted by molar-refractivity contribution is -0.129. The standard InChI is InChI=1S/C14H27NO4/c1-12(16)15-8-5-3-2-4-6-10-19-11-14(18)13(17)7-9-15/h13-14,17-18H,2-11H2,1H3/t13-,14+/m0/s1. The predicted octanol–water partition coefficient (Wildman–Crippen LogP) is 0.927. The summed E-state index contributed by atoms with van der Waals surface area (Å²) in [7, 11) is 0. The number of rotatable bonds is 0. The Bertz CT molecular complexity index is 260. The molecule has 1 fully saturated rings. The summed E-state index contributed by atoms with van der Waals surface area (Å²) in [5.41, 5.74) is 0. The SMILES string of the molecule is CC(=O)N1CCCCCCCOC[C@@H](O)[C@@H](O)CC1. The lowest BCUT2D eigenvalue weighted by Crippen LogP contribution is -2.37. The zero-order chi connectivity index (χ0) is 14.1. The molecular formula is C14H27NO4. The fourth-order valence-electron chi connectivity index (χ4n) is 2.26. The molecule has 1 aliphatic rings. The van der Waals surface area contributed by atoms with Crippen molar-refractivity contribution in [2.75, 3.05) is 26.3 Å². The Morgan fingerprint density at radius 2 is 1.74 bits per heavy atom. The first-order valence-electron chi connectivity index (χ1n) is 7.30. The van der Waals surface area contributed by atoms with Gasteiger partial charge in [-0.05, 0) is 19.3 Å². The Labute approximate surface area is 115 Å². The van der Waals surface area contributed by atoms with E-state index in [1.54, 1.807) is 11.8 Å². The molecule has 0 aliphatic carbocycles. The second-order valence-corrected chi connectivity index (χ2v) is 5.27. The number of carbonyl (C=O) groups excluding carboxylic acids is 1. The molecule has 0 aromatic carbocycles. The highest BCUT2D eigenvalue weighted by Gasteiger charge is 2.18. The molecule has 1 aliphatic heterocycles. The van der Waals surface area contributed by atoms with E-state index in [9.17, 15) is 15.0 Å². The second-order valence-electron chi connectivity index (χ2n) is 5.27. The van der Waals surface area contributed by atoms with Crippen LogP contribution < -0.4 is 0 Å². The van der Waals surface area contributed by atoms with Crippen LogP contribution in [0.1, 0.15) is 45.4 Å². The van der Waals surface area contributed by atoms with Crippen LogP contribution in [-0.4, -0.2) is 59.5 Å². The van der Waals surface area contributed by atoms with Crippen LogP contribution in [0.15, 0.2) is 0 Å². The zero-order valence-corrected chi connectivity index (χ0v) is 11.9. The lowest BCUT2D eigenvalue weighted by Gasteiger charge is -2.25. The Hall–Kier alpha value is -0.650. The highest BCUT2D eigenvalue weighted by atomic mass is 16.5. The number of aliphatic hydroxyl groups excluding tert-OH is 2. The molecule has 0 unspecified atom stereocenters. The Balaban J connectivity index is 2.46. The van der Waals surface area contributed by atoms with E-state index in [0.717, 1.165) is 38.6 Å². The molecule has 1 rings (SSSR count). The van der Waals surface area contributed by atoms with Crippen LogP contribution in [0.5, 0.6) is 0 Å². The molecule has 1 amide bonds. The van der Waals surface area contributed by atoms with Gasteiger partial charge in [0.25, 0.3) is 0 Å². The van der Waals surface area contributed by atoms with Gasteiger partial charge in [-0.3, -0.25) is 4.79 Å². The monoisotopic (exact) mass is 273 g/mol. The van der Waals surface area contributed by atoms with E-state index < -0.39 is 12.2 Å². The number of carbonyl (C=O) groups is 1. The molecule has 0 spiro atoms. The molecular weight excluding hydrogens is 246 g/mol. The fraction of sp³-hybridized carbons (Fsp3) is 0.929. The van der Waals surface area contributed by atoms with Crippen molar-refractivity contribution < 1.29 is 19.7 Å². The molecule has 2 N–H and O–H groups in total. The van der Waals surface area contributed by atoms with Gasteiger partial charge in [0.15, 0.2) is 0 Å². The maximum Gasteiger partial charge on any atom is 0.219 e. The van der Waals surface area contributed by atoms with Gasteiger partial charge in [0, 0.05) is 26.6 Å². The van der Waals surface area contributed by atoms with E-state index in [1.165, 1.54) is 0 Å². The molecule has 0 aromatic heterocycles. The smallest absolute Gasteiger partial charge is 0.219 e. The first-order chi connectivity index (χ1) is 9.11.